The van der Waals surface area contributed by atoms with Crippen molar-refractivity contribution >= 4 is 39.9 Å². The number of carbonyl (C=O) groups excluding carboxylic acids is 1. The Balaban J connectivity index is 1.99. The second-order valence-corrected chi connectivity index (χ2v) is 7.42. The van der Waals surface area contributed by atoms with Crippen LogP contribution < -0.4 is 5.32 Å². The van der Waals surface area contributed by atoms with Crippen molar-refractivity contribution in [2.75, 3.05) is 6.54 Å². The van der Waals surface area contributed by atoms with Crippen LogP contribution in [0.25, 0.3) is 22.3 Å². The first-order chi connectivity index (χ1) is 14.3. The van der Waals surface area contributed by atoms with Gasteiger partial charge in [0, 0.05) is 18.2 Å². The van der Waals surface area contributed by atoms with Gasteiger partial charge in [0.15, 0.2) is 0 Å². The number of benzene rings is 1. The van der Waals surface area contributed by atoms with Crippen molar-refractivity contribution in [3.05, 3.63) is 45.8 Å². The van der Waals surface area contributed by atoms with Crippen LogP contribution in [0.2, 0.25) is 5.02 Å². The maximum Gasteiger partial charge on any atom is 0.445 e. The van der Waals surface area contributed by atoms with Crippen molar-refractivity contribution in [1.82, 2.24) is 19.9 Å². The lowest BCUT2D eigenvalue weighted by molar-refractivity contribution is -0.138. The van der Waals surface area contributed by atoms with Crippen molar-refractivity contribution in [3.63, 3.8) is 0 Å². The fourth-order valence-electron chi connectivity index (χ4n) is 2.45. The molecule has 166 valence electrons. The first-order valence-electron chi connectivity index (χ1n) is 8.30. The number of imidazole rings is 1. The van der Waals surface area contributed by atoms with E-state index in [1.807, 2.05) is 5.32 Å². The minimum absolute atomic E-state index is 0.0109. The minimum atomic E-state index is -4.74. The van der Waals surface area contributed by atoms with E-state index >= 15 is 0 Å². The van der Waals surface area contributed by atoms with Crippen molar-refractivity contribution in [1.29, 1.82) is 0 Å². The number of nitrogens with one attached hydrogen (secondary N) is 1. The second kappa shape index (κ2) is 8.46. The van der Waals surface area contributed by atoms with Crippen molar-refractivity contribution in [2.45, 2.75) is 18.8 Å². The Morgan fingerprint density at radius 1 is 1.23 bits per heavy atom. The summed E-state index contributed by atoms with van der Waals surface area (Å²) in [7, 11) is 0. The van der Waals surface area contributed by atoms with Crippen LogP contribution in [0, 0.1) is 5.82 Å². The van der Waals surface area contributed by atoms with Gasteiger partial charge in [0.25, 0.3) is 0 Å². The van der Waals surface area contributed by atoms with Crippen LogP contribution in [0.3, 0.4) is 0 Å². The lowest BCUT2D eigenvalue weighted by atomic mass is 10.1. The molecule has 3 aromatic rings. The van der Waals surface area contributed by atoms with Gasteiger partial charge in [-0.15, -0.1) is 5.10 Å². The van der Waals surface area contributed by atoms with Crippen molar-refractivity contribution < 1.29 is 35.5 Å². The van der Waals surface area contributed by atoms with E-state index in [4.69, 9.17) is 11.6 Å². The molecule has 5 nitrogen and oxygen atoms in total. The lowest BCUT2D eigenvalue weighted by Gasteiger charge is -2.06. The standard InChI is InChI=1S/C17H10ClF7N4OS/c18-10-7-8(19)1-2-9(10)13-11(3-4-12(30)26-6-5-16(20,21)22)29-15(27-13)31-14(28-29)17(23,24)25/h1-4,7H,5-6H2,(H,26,30)/b4-3+. The molecule has 14 heteroatoms. The van der Waals surface area contributed by atoms with Crippen LogP contribution in [0.1, 0.15) is 17.1 Å². The molecule has 0 aliphatic rings. The quantitative estimate of drug-likeness (QED) is 0.391. The molecule has 0 radical (unpaired) electrons. The summed E-state index contributed by atoms with van der Waals surface area (Å²) in [6.07, 6.45) is -8.59. The van der Waals surface area contributed by atoms with E-state index in [-0.39, 0.29) is 38.3 Å². The lowest BCUT2D eigenvalue weighted by Crippen LogP contribution is -2.26. The number of rotatable bonds is 5. The highest BCUT2D eigenvalue weighted by Gasteiger charge is 2.36. The van der Waals surface area contributed by atoms with E-state index in [1.54, 1.807) is 0 Å². The van der Waals surface area contributed by atoms with Gasteiger partial charge in [-0.1, -0.05) is 22.9 Å². The summed E-state index contributed by atoms with van der Waals surface area (Å²) in [6.45, 7) is -0.680. The molecule has 31 heavy (non-hydrogen) atoms. The number of aromatic nitrogens is 3. The number of hydrogen-bond donors (Lipinski definition) is 1. The number of carbonyl (C=O) groups is 1. The molecule has 1 N–H and O–H groups in total. The molecule has 2 aromatic heterocycles. The van der Waals surface area contributed by atoms with Gasteiger partial charge in [-0.3, -0.25) is 4.79 Å². The van der Waals surface area contributed by atoms with Crippen LogP contribution in [0.4, 0.5) is 30.7 Å². The van der Waals surface area contributed by atoms with Gasteiger partial charge in [-0.05, 0) is 24.3 Å². The van der Waals surface area contributed by atoms with Gasteiger partial charge in [0.1, 0.15) is 11.5 Å². The van der Waals surface area contributed by atoms with Gasteiger partial charge >= 0.3 is 12.4 Å². The summed E-state index contributed by atoms with van der Waals surface area (Å²) in [5.41, 5.74) is 0.0736. The smallest absolute Gasteiger partial charge is 0.352 e. The largest absolute Gasteiger partial charge is 0.445 e. The summed E-state index contributed by atoms with van der Waals surface area (Å²) in [5, 5.41) is 4.17. The zero-order chi connectivity index (χ0) is 23.0. The van der Waals surface area contributed by atoms with Crippen LogP contribution in [0.5, 0.6) is 0 Å². The zero-order valence-electron chi connectivity index (χ0n) is 15.0. The van der Waals surface area contributed by atoms with E-state index in [0.717, 1.165) is 28.8 Å². The maximum atomic E-state index is 13.4. The zero-order valence-corrected chi connectivity index (χ0v) is 16.6. The van der Waals surface area contributed by atoms with Gasteiger partial charge in [0.2, 0.25) is 15.9 Å². The highest BCUT2D eigenvalue weighted by atomic mass is 35.5. The topological polar surface area (TPSA) is 59.3 Å². The molecular weight excluding hydrogens is 477 g/mol. The summed E-state index contributed by atoms with van der Waals surface area (Å²) >= 11 is 6.25. The normalized spacial score (nSPS) is 12.8. The molecule has 0 atom stereocenters. The predicted molar refractivity (Wildman–Crippen MR) is 99.0 cm³/mol. The predicted octanol–water partition coefficient (Wildman–Crippen LogP) is 5.35. The van der Waals surface area contributed by atoms with Gasteiger partial charge < -0.3 is 5.32 Å². The third-order valence-corrected chi connectivity index (χ3v) is 5.03. The van der Waals surface area contributed by atoms with E-state index in [2.05, 4.69) is 10.1 Å². The summed E-state index contributed by atoms with van der Waals surface area (Å²) < 4.78 is 89.7. The number of nitrogens with zero attached hydrogens (tertiary/aromatic N) is 3. The minimum Gasteiger partial charge on any atom is -0.352 e. The van der Waals surface area contributed by atoms with Gasteiger partial charge in [-0.2, -0.15) is 26.3 Å². The SMILES string of the molecule is O=C(/C=C/c1c(-c2ccc(F)cc2Cl)nc2sc(C(F)(F)F)nn12)NCCC(F)(F)F. The number of fused-ring (bicyclic) bond motifs is 1. The molecule has 0 unspecified atom stereocenters. The van der Waals surface area contributed by atoms with Crippen LogP contribution in [-0.4, -0.2) is 33.2 Å². The summed E-state index contributed by atoms with van der Waals surface area (Å²) in [6, 6.07) is 3.27. The molecule has 2 heterocycles. The van der Waals surface area contributed by atoms with Crippen LogP contribution in [0.15, 0.2) is 24.3 Å². The monoisotopic (exact) mass is 486 g/mol. The Hall–Kier alpha value is -2.67. The van der Waals surface area contributed by atoms with E-state index in [1.165, 1.54) is 6.07 Å². The molecular formula is C17H10ClF7N4OS. The highest BCUT2D eigenvalue weighted by molar-refractivity contribution is 7.16. The molecule has 0 spiro atoms. The molecule has 1 amide bonds. The molecule has 0 aliphatic heterocycles. The maximum absolute atomic E-state index is 13.4. The molecule has 0 saturated carbocycles. The van der Waals surface area contributed by atoms with Gasteiger partial charge in [0.05, 0.1) is 17.1 Å². The van der Waals surface area contributed by atoms with E-state index in [0.29, 0.717) is 0 Å². The molecule has 0 saturated heterocycles. The third kappa shape index (κ3) is 5.53. The molecule has 1 aromatic carbocycles. The fourth-order valence-corrected chi connectivity index (χ4v) is 3.48. The second-order valence-electron chi connectivity index (χ2n) is 6.06. The van der Waals surface area contributed by atoms with E-state index < -0.39 is 42.1 Å². The Labute approximate surface area is 178 Å². The average molecular weight is 487 g/mol. The fraction of sp³-hybridized carbons (Fsp3) is 0.235. The van der Waals surface area contributed by atoms with Crippen molar-refractivity contribution in [3.8, 4) is 11.3 Å². The van der Waals surface area contributed by atoms with Crippen LogP contribution >= 0.6 is 22.9 Å². The molecule has 0 fully saturated rings. The van der Waals surface area contributed by atoms with Crippen LogP contribution in [-0.2, 0) is 11.0 Å². The Bertz CT molecular complexity index is 1150. The molecule has 3 rings (SSSR count). The number of alkyl halides is 6. The number of hydrogen-bond acceptors (Lipinski definition) is 4. The first kappa shape index (κ1) is 23.0. The molecule has 0 aliphatic carbocycles. The third-order valence-electron chi connectivity index (χ3n) is 3.77. The number of halogens is 8. The highest BCUT2D eigenvalue weighted by Crippen LogP contribution is 2.37. The van der Waals surface area contributed by atoms with Crippen molar-refractivity contribution in [2.24, 2.45) is 0 Å². The summed E-state index contributed by atoms with van der Waals surface area (Å²) in [4.78, 5) is 15.7. The number of amides is 1. The Morgan fingerprint density at radius 2 is 1.94 bits per heavy atom. The Kier molecular flexibility index (Phi) is 6.28. The Morgan fingerprint density at radius 3 is 2.55 bits per heavy atom. The van der Waals surface area contributed by atoms with Gasteiger partial charge in [-0.25, -0.2) is 13.9 Å². The summed E-state index contributed by atoms with van der Waals surface area (Å²) in [5.74, 6) is -1.57. The average Bonchev–Trinajstić information content (AvgIpc) is 3.17. The molecule has 0 bridgehead atoms. The van der Waals surface area contributed by atoms with E-state index in [9.17, 15) is 35.5 Å². The first-order valence-corrected chi connectivity index (χ1v) is 9.49.